The average Bonchev–Trinajstić information content (AvgIpc) is 2.78. The van der Waals surface area contributed by atoms with Crippen molar-refractivity contribution < 1.29 is 9.52 Å². The molecule has 4 heteroatoms. The van der Waals surface area contributed by atoms with Crippen LogP contribution in [0.2, 0.25) is 0 Å². The fourth-order valence-electron chi connectivity index (χ4n) is 2.52. The first-order chi connectivity index (χ1) is 8.52. The number of β-amino-alcohol motifs (C(OH)–C–C–N with tert-alkyl or cyclic N) is 1. The van der Waals surface area contributed by atoms with Gasteiger partial charge in [0.15, 0.2) is 5.89 Å². The van der Waals surface area contributed by atoms with Gasteiger partial charge in [-0.1, -0.05) is 20.8 Å². The number of aromatic nitrogens is 1. The zero-order valence-corrected chi connectivity index (χ0v) is 11.6. The van der Waals surface area contributed by atoms with Gasteiger partial charge in [0.25, 0.3) is 0 Å². The van der Waals surface area contributed by atoms with Crippen LogP contribution in [-0.2, 0) is 6.54 Å². The standard InChI is InChI=1S/C14H24N2O2/c1-4-14(17)6-5-7-16(10-14)8-12-9-18-13(15-12)11(2)3/h9,11,17H,4-8,10H2,1-3H3/t14-/m0/s1. The maximum absolute atomic E-state index is 10.3. The molecule has 0 bridgehead atoms. The second-order valence-electron chi connectivity index (χ2n) is 5.72. The summed E-state index contributed by atoms with van der Waals surface area (Å²) in [4.78, 5) is 6.76. The Morgan fingerprint density at radius 2 is 2.33 bits per heavy atom. The van der Waals surface area contributed by atoms with Crippen molar-refractivity contribution in [3.8, 4) is 0 Å². The maximum Gasteiger partial charge on any atom is 0.196 e. The second-order valence-corrected chi connectivity index (χ2v) is 5.72. The SMILES string of the molecule is CC[C@]1(O)CCCN(Cc2coc(C(C)C)n2)C1. The first-order valence-electron chi connectivity index (χ1n) is 6.91. The highest BCUT2D eigenvalue weighted by Crippen LogP contribution is 2.25. The van der Waals surface area contributed by atoms with Gasteiger partial charge >= 0.3 is 0 Å². The molecule has 0 spiro atoms. The predicted octanol–water partition coefficient (Wildman–Crippen LogP) is 2.53. The lowest BCUT2D eigenvalue weighted by molar-refractivity contribution is -0.0360. The van der Waals surface area contributed by atoms with Gasteiger partial charge in [-0.3, -0.25) is 4.90 Å². The third kappa shape index (κ3) is 3.12. The van der Waals surface area contributed by atoms with Gasteiger partial charge in [0.2, 0.25) is 0 Å². The molecule has 1 aliphatic rings. The van der Waals surface area contributed by atoms with Crippen LogP contribution in [0.3, 0.4) is 0 Å². The Morgan fingerprint density at radius 3 is 2.94 bits per heavy atom. The lowest BCUT2D eigenvalue weighted by atomic mass is 9.90. The van der Waals surface area contributed by atoms with E-state index in [9.17, 15) is 5.11 Å². The summed E-state index contributed by atoms with van der Waals surface area (Å²) in [6.45, 7) is 8.76. The molecule has 1 fully saturated rings. The monoisotopic (exact) mass is 252 g/mol. The maximum atomic E-state index is 10.3. The molecular formula is C14H24N2O2. The zero-order chi connectivity index (χ0) is 13.2. The van der Waals surface area contributed by atoms with Crippen LogP contribution < -0.4 is 0 Å². The number of aliphatic hydroxyl groups is 1. The smallest absolute Gasteiger partial charge is 0.196 e. The van der Waals surface area contributed by atoms with E-state index in [1.807, 2.05) is 0 Å². The molecule has 2 rings (SSSR count). The van der Waals surface area contributed by atoms with Crippen molar-refractivity contribution in [3.63, 3.8) is 0 Å². The summed E-state index contributed by atoms with van der Waals surface area (Å²) in [5.41, 5.74) is 0.460. The van der Waals surface area contributed by atoms with Crippen LogP contribution in [0.5, 0.6) is 0 Å². The molecule has 0 aliphatic carbocycles. The van der Waals surface area contributed by atoms with Crippen LogP contribution in [0, 0.1) is 0 Å². The molecule has 1 aliphatic heterocycles. The molecule has 1 N–H and O–H groups in total. The molecule has 1 saturated heterocycles. The third-order valence-corrected chi connectivity index (χ3v) is 3.74. The van der Waals surface area contributed by atoms with E-state index < -0.39 is 5.60 Å². The Labute approximate surface area is 109 Å². The Morgan fingerprint density at radius 1 is 1.56 bits per heavy atom. The van der Waals surface area contributed by atoms with E-state index in [2.05, 4.69) is 30.7 Å². The Kier molecular flexibility index (Phi) is 4.07. The van der Waals surface area contributed by atoms with E-state index in [0.29, 0.717) is 5.92 Å². The molecule has 1 aromatic rings. The van der Waals surface area contributed by atoms with Gasteiger partial charge in [-0.2, -0.15) is 0 Å². The summed E-state index contributed by atoms with van der Waals surface area (Å²) < 4.78 is 5.45. The van der Waals surface area contributed by atoms with Crippen molar-refractivity contribution >= 4 is 0 Å². The van der Waals surface area contributed by atoms with Crippen LogP contribution in [-0.4, -0.2) is 33.7 Å². The van der Waals surface area contributed by atoms with E-state index in [1.165, 1.54) is 0 Å². The van der Waals surface area contributed by atoms with Crippen molar-refractivity contribution in [2.45, 2.75) is 58.1 Å². The van der Waals surface area contributed by atoms with Crippen molar-refractivity contribution in [1.82, 2.24) is 9.88 Å². The molecule has 102 valence electrons. The highest BCUT2D eigenvalue weighted by molar-refractivity contribution is 5.00. The van der Waals surface area contributed by atoms with Gasteiger partial charge in [-0.25, -0.2) is 4.98 Å². The van der Waals surface area contributed by atoms with Crippen molar-refractivity contribution in [1.29, 1.82) is 0 Å². The largest absolute Gasteiger partial charge is 0.448 e. The highest BCUT2D eigenvalue weighted by Gasteiger charge is 2.31. The van der Waals surface area contributed by atoms with Gasteiger partial charge < -0.3 is 9.52 Å². The molecule has 0 radical (unpaired) electrons. The summed E-state index contributed by atoms with van der Waals surface area (Å²) in [5, 5.41) is 10.3. The van der Waals surface area contributed by atoms with E-state index in [4.69, 9.17) is 4.42 Å². The first-order valence-corrected chi connectivity index (χ1v) is 6.91. The summed E-state index contributed by atoms with van der Waals surface area (Å²) in [6.07, 6.45) is 4.53. The van der Waals surface area contributed by atoms with E-state index in [1.54, 1.807) is 6.26 Å². The normalized spacial score (nSPS) is 25.8. The van der Waals surface area contributed by atoms with Crippen LogP contribution in [0.25, 0.3) is 0 Å². The number of oxazole rings is 1. The number of hydrogen-bond donors (Lipinski definition) is 1. The van der Waals surface area contributed by atoms with Crippen LogP contribution >= 0.6 is 0 Å². The molecule has 0 aromatic carbocycles. The number of hydrogen-bond acceptors (Lipinski definition) is 4. The lowest BCUT2D eigenvalue weighted by Crippen LogP contribution is -2.47. The van der Waals surface area contributed by atoms with Crippen LogP contribution in [0.15, 0.2) is 10.7 Å². The van der Waals surface area contributed by atoms with Crippen molar-refractivity contribution in [3.05, 3.63) is 17.8 Å². The molecule has 4 nitrogen and oxygen atoms in total. The van der Waals surface area contributed by atoms with Gasteiger partial charge in [0, 0.05) is 19.0 Å². The zero-order valence-electron chi connectivity index (χ0n) is 11.6. The van der Waals surface area contributed by atoms with E-state index in [0.717, 1.165) is 50.5 Å². The van der Waals surface area contributed by atoms with Gasteiger partial charge in [0.05, 0.1) is 11.3 Å². The molecular weight excluding hydrogens is 228 g/mol. The predicted molar refractivity (Wildman–Crippen MR) is 70.3 cm³/mol. The lowest BCUT2D eigenvalue weighted by Gasteiger charge is -2.38. The van der Waals surface area contributed by atoms with Gasteiger partial charge in [0.1, 0.15) is 6.26 Å². The number of piperidine rings is 1. The van der Waals surface area contributed by atoms with Gasteiger partial charge in [-0.15, -0.1) is 0 Å². The molecule has 1 aromatic heterocycles. The summed E-state index contributed by atoms with van der Waals surface area (Å²) >= 11 is 0. The molecule has 1 atom stereocenters. The summed E-state index contributed by atoms with van der Waals surface area (Å²) in [7, 11) is 0. The minimum Gasteiger partial charge on any atom is -0.448 e. The number of rotatable bonds is 4. The second kappa shape index (κ2) is 5.41. The topological polar surface area (TPSA) is 49.5 Å². The molecule has 18 heavy (non-hydrogen) atoms. The van der Waals surface area contributed by atoms with Crippen molar-refractivity contribution in [2.75, 3.05) is 13.1 Å². The molecule has 0 amide bonds. The summed E-state index contributed by atoms with van der Waals surface area (Å²) in [6, 6.07) is 0. The van der Waals surface area contributed by atoms with Crippen molar-refractivity contribution in [2.24, 2.45) is 0 Å². The molecule has 0 saturated carbocycles. The minimum absolute atomic E-state index is 0.327. The first kappa shape index (κ1) is 13.6. The Balaban J connectivity index is 1.96. The number of nitrogens with zero attached hydrogens (tertiary/aromatic N) is 2. The van der Waals surface area contributed by atoms with Crippen LogP contribution in [0.1, 0.15) is 57.5 Å². The fraction of sp³-hybridized carbons (Fsp3) is 0.786. The number of likely N-dealkylation sites (tertiary alicyclic amines) is 1. The van der Waals surface area contributed by atoms with E-state index >= 15 is 0 Å². The van der Waals surface area contributed by atoms with Gasteiger partial charge in [-0.05, 0) is 25.8 Å². The molecule has 2 heterocycles. The Bertz CT molecular complexity index is 389. The minimum atomic E-state index is -0.511. The van der Waals surface area contributed by atoms with Crippen LogP contribution in [0.4, 0.5) is 0 Å². The van der Waals surface area contributed by atoms with E-state index in [-0.39, 0.29) is 0 Å². The average molecular weight is 252 g/mol. The molecule has 0 unspecified atom stereocenters. The highest BCUT2D eigenvalue weighted by atomic mass is 16.3. The summed E-state index contributed by atoms with van der Waals surface area (Å²) in [5.74, 6) is 1.13. The third-order valence-electron chi connectivity index (χ3n) is 3.74. The quantitative estimate of drug-likeness (QED) is 0.894. The fourth-order valence-corrected chi connectivity index (χ4v) is 2.52. The Hall–Kier alpha value is -0.870.